The van der Waals surface area contributed by atoms with Crippen molar-refractivity contribution in [1.29, 1.82) is 0 Å². The molecule has 0 saturated heterocycles. The summed E-state index contributed by atoms with van der Waals surface area (Å²) in [5.41, 5.74) is 8.57. The smallest absolute Gasteiger partial charge is 0.251 e. The first-order valence-corrected chi connectivity index (χ1v) is 5.55. The predicted molar refractivity (Wildman–Crippen MR) is 68.8 cm³/mol. The van der Waals surface area contributed by atoms with Crippen molar-refractivity contribution < 1.29 is 4.79 Å². The van der Waals surface area contributed by atoms with Gasteiger partial charge in [-0.05, 0) is 36.8 Å². The fraction of sp³-hybridized carbons (Fsp3) is 0.154. The molecular formula is C13H14N4O. The first kappa shape index (κ1) is 12.0. The molecule has 2 aromatic rings. The molecule has 5 nitrogen and oxygen atoms in total. The van der Waals surface area contributed by atoms with Crippen LogP contribution in [0.2, 0.25) is 0 Å². The molecule has 1 aromatic heterocycles. The van der Waals surface area contributed by atoms with Gasteiger partial charge in [0, 0.05) is 17.4 Å². The minimum Gasteiger partial charge on any atom is -0.399 e. The molecule has 1 aromatic carbocycles. The third kappa shape index (κ3) is 3.04. The monoisotopic (exact) mass is 242 g/mol. The highest BCUT2D eigenvalue weighted by Gasteiger charge is 2.06. The average molecular weight is 242 g/mol. The van der Waals surface area contributed by atoms with E-state index in [9.17, 15) is 4.79 Å². The quantitative estimate of drug-likeness (QED) is 0.795. The number of nitrogens with one attached hydrogen (secondary N) is 1. The lowest BCUT2D eigenvalue weighted by atomic mass is 10.1. The maximum Gasteiger partial charge on any atom is 0.251 e. The number of benzene rings is 1. The van der Waals surface area contributed by atoms with E-state index < -0.39 is 0 Å². The summed E-state index contributed by atoms with van der Waals surface area (Å²) in [6, 6.07) is 7.03. The van der Waals surface area contributed by atoms with Crippen LogP contribution in [0, 0.1) is 6.92 Å². The van der Waals surface area contributed by atoms with E-state index in [0.29, 0.717) is 17.8 Å². The van der Waals surface area contributed by atoms with Crippen LogP contribution >= 0.6 is 0 Å². The molecule has 0 atom stereocenters. The molecule has 0 saturated carbocycles. The Morgan fingerprint density at radius 2 is 2.22 bits per heavy atom. The van der Waals surface area contributed by atoms with Gasteiger partial charge < -0.3 is 11.1 Å². The van der Waals surface area contributed by atoms with Crippen molar-refractivity contribution in [2.75, 3.05) is 5.73 Å². The predicted octanol–water partition coefficient (Wildman–Crippen LogP) is 1.30. The van der Waals surface area contributed by atoms with Gasteiger partial charge >= 0.3 is 0 Å². The molecule has 0 aliphatic rings. The van der Waals surface area contributed by atoms with Gasteiger partial charge in [-0.3, -0.25) is 4.79 Å². The van der Waals surface area contributed by atoms with E-state index in [2.05, 4.69) is 15.3 Å². The summed E-state index contributed by atoms with van der Waals surface area (Å²) >= 11 is 0. The Balaban J connectivity index is 2.04. The lowest BCUT2D eigenvalue weighted by molar-refractivity contribution is 0.0950. The number of aryl methyl sites for hydroxylation is 1. The van der Waals surface area contributed by atoms with E-state index in [-0.39, 0.29) is 5.91 Å². The zero-order valence-electron chi connectivity index (χ0n) is 10.1. The largest absolute Gasteiger partial charge is 0.399 e. The third-order valence-corrected chi connectivity index (χ3v) is 2.44. The molecule has 3 N–H and O–H groups in total. The van der Waals surface area contributed by atoms with Crippen molar-refractivity contribution in [3.05, 3.63) is 53.6 Å². The van der Waals surface area contributed by atoms with Crippen molar-refractivity contribution in [3.63, 3.8) is 0 Å². The van der Waals surface area contributed by atoms with E-state index in [1.165, 1.54) is 6.33 Å². The molecule has 0 unspecified atom stereocenters. The van der Waals surface area contributed by atoms with Crippen LogP contribution in [0.4, 0.5) is 5.69 Å². The van der Waals surface area contributed by atoms with Crippen molar-refractivity contribution in [1.82, 2.24) is 15.3 Å². The SMILES string of the molecule is Cc1cc(N)cc(C(=O)NCc2ccncn2)c1. The number of nitrogens with zero attached hydrogens (tertiary/aromatic N) is 2. The number of hydrogen-bond acceptors (Lipinski definition) is 4. The summed E-state index contributed by atoms with van der Waals surface area (Å²) in [5.74, 6) is -0.163. The van der Waals surface area contributed by atoms with Crippen molar-refractivity contribution in [2.24, 2.45) is 0 Å². The van der Waals surface area contributed by atoms with Crippen LogP contribution in [0.15, 0.2) is 36.8 Å². The lowest BCUT2D eigenvalue weighted by Gasteiger charge is -2.06. The minimum atomic E-state index is -0.163. The summed E-state index contributed by atoms with van der Waals surface area (Å²) < 4.78 is 0. The van der Waals surface area contributed by atoms with Gasteiger partial charge in [-0.15, -0.1) is 0 Å². The summed E-state index contributed by atoms with van der Waals surface area (Å²) in [7, 11) is 0. The molecule has 1 amide bonds. The van der Waals surface area contributed by atoms with Crippen LogP contribution in [-0.4, -0.2) is 15.9 Å². The Kier molecular flexibility index (Phi) is 3.52. The molecule has 0 spiro atoms. The number of hydrogen-bond donors (Lipinski definition) is 2. The Hall–Kier alpha value is -2.43. The summed E-state index contributed by atoms with van der Waals surface area (Å²) in [4.78, 5) is 19.8. The number of amides is 1. The zero-order valence-corrected chi connectivity index (χ0v) is 10.1. The molecule has 0 aliphatic carbocycles. The molecule has 92 valence electrons. The number of nitrogen functional groups attached to an aromatic ring is 1. The normalized spacial score (nSPS) is 10.1. The average Bonchev–Trinajstić information content (AvgIpc) is 2.36. The fourth-order valence-corrected chi connectivity index (χ4v) is 1.64. The molecule has 5 heteroatoms. The van der Waals surface area contributed by atoms with Crippen LogP contribution < -0.4 is 11.1 Å². The van der Waals surface area contributed by atoms with Gasteiger partial charge in [-0.25, -0.2) is 9.97 Å². The van der Waals surface area contributed by atoms with Crippen LogP contribution in [0.25, 0.3) is 0 Å². The Morgan fingerprint density at radius 3 is 2.89 bits per heavy atom. The van der Waals surface area contributed by atoms with Gasteiger partial charge in [0.1, 0.15) is 6.33 Å². The second kappa shape index (κ2) is 5.27. The Morgan fingerprint density at radius 1 is 1.39 bits per heavy atom. The van der Waals surface area contributed by atoms with Crippen molar-refractivity contribution >= 4 is 11.6 Å². The fourth-order valence-electron chi connectivity index (χ4n) is 1.64. The number of aromatic nitrogens is 2. The molecular weight excluding hydrogens is 228 g/mol. The van der Waals surface area contributed by atoms with E-state index in [0.717, 1.165) is 11.3 Å². The summed E-state index contributed by atoms with van der Waals surface area (Å²) in [6.45, 7) is 2.27. The van der Waals surface area contributed by atoms with E-state index >= 15 is 0 Å². The van der Waals surface area contributed by atoms with Crippen LogP contribution in [0.1, 0.15) is 21.6 Å². The number of carbonyl (C=O) groups is 1. The topological polar surface area (TPSA) is 80.9 Å². The van der Waals surface area contributed by atoms with Gasteiger partial charge in [-0.1, -0.05) is 0 Å². The number of nitrogens with two attached hydrogens (primary N) is 1. The molecule has 1 heterocycles. The number of anilines is 1. The maximum atomic E-state index is 11.9. The van der Waals surface area contributed by atoms with Crippen molar-refractivity contribution in [2.45, 2.75) is 13.5 Å². The van der Waals surface area contributed by atoms with Gasteiger partial charge in [0.15, 0.2) is 0 Å². The third-order valence-electron chi connectivity index (χ3n) is 2.44. The number of rotatable bonds is 3. The van der Waals surface area contributed by atoms with E-state index in [1.807, 2.05) is 13.0 Å². The maximum absolute atomic E-state index is 11.9. The highest BCUT2D eigenvalue weighted by Crippen LogP contribution is 2.11. The second-order valence-corrected chi connectivity index (χ2v) is 4.02. The van der Waals surface area contributed by atoms with Crippen molar-refractivity contribution in [3.8, 4) is 0 Å². The molecule has 0 aliphatic heterocycles. The minimum absolute atomic E-state index is 0.163. The van der Waals surface area contributed by atoms with E-state index in [4.69, 9.17) is 5.73 Å². The molecule has 0 bridgehead atoms. The molecule has 0 fully saturated rings. The van der Waals surface area contributed by atoms with Crippen LogP contribution in [0.5, 0.6) is 0 Å². The molecule has 0 radical (unpaired) electrons. The zero-order chi connectivity index (χ0) is 13.0. The highest BCUT2D eigenvalue weighted by atomic mass is 16.1. The second-order valence-electron chi connectivity index (χ2n) is 4.02. The van der Waals surface area contributed by atoms with Crippen LogP contribution in [-0.2, 0) is 6.54 Å². The molecule has 18 heavy (non-hydrogen) atoms. The Bertz CT molecular complexity index is 534. The lowest BCUT2D eigenvalue weighted by Crippen LogP contribution is -2.23. The summed E-state index contributed by atoms with van der Waals surface area (Å²) in [5, 5.41) is 2.78. The first-order chi connectivity index (χ1) is 8.65. The highest BCUT2D eigenvalue weighted by molar-refractivity contribution is 5.95. The van der Waals surface area contributed by atoms with Gasteiger partial charge in [0.05, 0.1) is 12.2 Å². The van der Waals surface area contributed by atoms with Gasteiger partial charge in [0.25, 0.3) is 5.91 Å². The summed E-state index contributed by atoms with van der Waals surface area (Å²) in [6.07, 6.45) is 3.09. The standard InChI is InChI=1S/C13H14N4O/c1-9-4-10(6-11(14)5-9)13(18)16-7-12-2-3-15-8-17-12/h2-6,8H,7,14H2,1H3,(H,16,18). The van der Waals surface area contributed by atoms with E-state index in [1.54, 1.807) is 24.4 Å². The number of carbonyl (C=O) groups excluding carboxylic acids is 1. The van der Waals surface area contributed by atoms with Gasteiger partial charge in [-0.2, -0.15) is 0 Å². The molecule has 2 rings (SSSR count). The van der Waals surface area contributed by atoms with Crippen LogP contribution in [0.3, 0.4) is 0 Å². The Labute approximate surface area is 105 Å². The van der Waals surface area contributed by atoms with Gasteiger partial charge in [0.2, 0.25) is 0 Å². The first-order valence-electron chi connectivity index (χ1n) is 5.55.